The molecule has 4 rings (SSSR count). The molecule has 32 heavy (non-hydrogen) atoms. The van der Waals surface area contributed by atoms with E-state index >= 15 is 0 Å². The summed E-state index contributed by atoms with van der Waals surface area (Å²) in [5, 5.41) is 1.31. The molecule has 1 aliphatic rings. The molecule has 2 aromatic carbocycles. The number of rotatable bonds is 4. The lowest BCUT2D eigenvalue weighted by molar-refractivity contribution is -0.139. The van der Waals surface area contributed by atoms with Crippen molar-refractivity contribution in [3.05, 3.63) is 99.6 Å². The average molecular weight is 508 g/mol. The smallest absolute Gasteiger partial charge is 0.338 e. The number of aromatic nitrogens is 1. The minimum Gasteiger partial charge on any atom is -0.463 e. The third kappa shape index (κ3) is 4.16. The molecule has 1 aromatic heterocycles. The van der Waals surface area contributed by atoms with Gasteiger partial charge in [-0.2, -0.15) is 0 Å². The number of halogens is 3. The van der Waals surface area contributed by atoms with Gasteiger partial charge in [0.1, 0.15) is 0 Å². The summed E-state index contributed by atoms with van der Waals surface area (Å²) in [7, 11) is 0. The maximum absolute atomic E-state index is 13.5. The Morgan fingerprint density at radius 3 is 2.59 bits per heavy atom. The molecule has 0 radical (unpaired) electrons. The van der Waals surface area contributed by atoms with Crippen molar-refractivity contribution in [3.8, 4) is 0 Å². The largest absolute Gasteiger partial charge is 0.463 e. The fraction of sp³-hybridized carbons (Fsp3) is 0.174. The van der Waals surface area contributed by atoms with Gasteiger partial charge in [0.25, 0.3) is 5.56 Å². The number of hydrogen-bond donors (Lipinski definition) is 0. The molecule has 0 aliphatic carbocycles. The Morgan fingerprint density at radius 2 is 1.91 bits per heavy atom. The first-order chi connectivity index (χ1) is 15.3. The van der Waals surface area contributed by atoms with Gasteiger partial charge in [0.05, 0.1) is 38.5 Å². The van der Waals surface area contributed by atoms with Crippen LogP contribution < -0.4 is 14.9 Å². The molecule has 1 aliphatic heterocycles. The zero-order valence-corrected chi connectivity index (χ0v) is 20.1. The standard InChI is InChI=1S/C23H17Cl3N2O3S/c1-3-31-22(30)18-12(2)27-23-28(20(18)13-7-9-15(24)10-8-13)21(29)17(32-23)11-14-5-4-6-16(25)19(14)26/h4-11,20H,3H2,1-2H3/b17-11+/t20-/m1/s1. The highest BCUT2D eigenvalue weighted by Crippen LogP contribution is 2.31. The van der Waals surface area contributed by atoms with E-state index in [1.807, 2.05) is 0 Å². The molecule has 0 saturated carbocycles. The molecular formula is C23H17Cl3N2O3S. The Labute approximate surface area is 202 Å². The van der Waals surface area contributed by atoms with E-state index in [1.54, 1.807) is 62.4 Å². The topological polar surface area (TPSA) is 60.7 Å². The molecule has 0 saturated heterocycles. The maximum Gasteiger partial charge on any atom is 0.338 e. The summed E-state index contributed by atoms with van der Waals surface area (Å²) in [4.78, 5) is 31.4. The van der Waals surface area contributed by atoms with E-state index in [9.17, 15) is 9.59 Å². The quantitative estimate of drug-likeness (QED) is 0.479. The van der Waals surface area contributed by atoms with Crippen molar-refractivity contribution in [2.45, 2.75) is 19.9 Å². The Kier molecular flexibility index (Phi) is 6.58. The third-order valence-corrected chi connectivity index (χ3v) is 7.04. The molecule has 0 amide bonds. The number of thiazole rings is 1. The maximum atomic E-state index is 13.5. The predicted molar refractivity (Wildman–Crippen MR) is 128 cm³/mol. The average Bonchev–Trinajstić information content (AvgIpc) is 3.06. The van der Waals surface area contributed by atoms with Gasteiger partial charge in [-0.1, -0.05) is 70.4 Å². The van der Waals surface area contributed by atoms with Gasteiger partial charge >= 0.3 is 5.97 Å². The van der Waals surface area contributed by atoms with Gasteiger partial charge in [0.15, 0.2) is 4.80 Å². The van der Waals surface area contributed by atoms with Crippen LogP contribution in [0.5, 0.6) is 0 Å². The minimum absolute atomic E-state index is 0.209. The summed E-state index contributed by atoms with van der Waals surface area (Å²) in [6, 6.07) is 11.5. The SMILES string of the molecule is CCOC(=O)C1=C(C)N=c2s/c(=C/c3cccc(Cl)c3Cl)c(=O)n2[C@@H]1c1ccc(Cl)cc1. The molecule has 3 aromatic rings. The molecule has 0 fully saturated rings. The van der Waals surface area contributed by atoms with E-state index in [0.29, 0.717) is 41.2 Å². The summed E-state index contributed by atoms with van der Waals surface area (Å²) < 4.78 is 7.21. The number of carbonyl (C=O) groups excluding carboxylic acids is 1. The van der Waals surface area contributed by atoms with Gasteiger partial charge in [0, 0.05) is 5.02 Å². The lowest BCUT2D eigenvalue weighted by Gasteiger charge is -2.24. The highest BCUT2D eigenvalue weighted by Gasteiger charge is 2.33. The molecule has 0 N–H and O–H groups in total. The number of hydrogen-bond acceptors (Lipinski definition) is 5. The summed E-state index contributed by atoms with van der Waals surface area (Å²) in [6.07, 6.45) is 1.68. The van der Waals surface area contributed by atoms with Crippen LogP contribution in [0.25, 0.3) is 6.08 Å². The van der Waals surface area contributed by atoms with E-state index < -0.39 is 12.0 Å². The fourth-order valence-corrected chi connectivity index (χ4v) is 5.05. The van der Waals surface area contributed by atoms with Crippen molar-refractivity contribution in [1.29, 1.82) is 0 Å². The lowest BCUT2D eigenvalue weighted by Crippen LogP contribution is -2.39. The van der Waals surface area contributed by atoms with E-state index in [4.69, 9.17) is 39.5 Å². The van der Waals surface area contributed by atoms with Crippen LogP contribution >= 0.6 is 46.1 Å². The van der Waals surface area contributed by atoms with Crippen molar-refractivity contribution < 1.29 is 9.53 Å². The number of benzene rings is 2. The van der Waals surface area contributed by atoms with Crippen LogP contribution in [0.4, 0.5) is 0 Å². The first-order valence-electron chi connectivity index (χ1n) is 9.71. The number of fused-ring (bicyclic) bond motifs is 1. The van der Waals surface area contributed by atoms with E-state index in [1.165, 1.54) is 15.9 Å². The van der Waals surface area contributed by atoms with Gasteiger partial charge in [-0.05, 0) is 49.2 Å². The van der Waals surface area contributed by atoms with Crippen molar-refractivity contribution in [1.82, 2.24) is 4.57 Å². The summed E-state index contributed by atoms with van der Waals surface area (Å²) >= 11 is 19.7. The zero-order chi connectivity index (χ0) is 23.0. The van der Waals surface area contributed by atoms with Gasteiger partial charge in [-0.3, -0.25) is 9.36 Å². The van der Waals surface area contributed by atoms with Crippen LogP contribution in [0.3, 0.4) is 0 Å². The molecule has 0 spiro atoms. The van der Waals surface area contributed by atoms with E-state index in [0.717, 1.165) is 5.56 Å². The molecule has 0 unspecified atom stereocenters. The number of esters is 1. The van der Waals surface area contributed by atoms with Crippen LogP contribution in [0, 0.1) is 0 Å². The summed E-state index contributed by atoms with van der Waals surface area (Å²) in [5.74, 6) is -0.513. The highest BCUT2D eigenvalue weighted by molar-refractivity contribution is 7.07. The first kappa shape index (κ1) is 22.8. The second-order valence-corrected chi connectivity index (χ2v) is 9.23. The number of nitrogens with zero attached hydrogens (tertiary/aromatic N) is 2. The Morgan fingerprint density at radius 1 is 1.19 bits per heavy atom. The predicted octanol–water partition coefficient (Wildman–Crippen LogP) is 4.76. The monoisotopic (exact) mass is 506 g/mol. The molecule has 2 heterocycles. The Bertz CT molecular complexity index is 1420. The molecule has 0 bridgehead atoms. The van der Waals surface area contributed by atoms with Crippen LogP contribution in [0.2, 0.25) is 15.1 Å². The first-order valence-corrected chi connectivity index (χ1v) is 11.7. The van der Waals surface area contributed by atoms with Gasteiger partial charge < -0.3 is 4.74 Å². The summed E-state index contributed by atoms with van der Waals surface area (Å²) in [6.45, 7) is 3.68. The van der Waals surface area contributed by atoms with Crippen LogP contribution in [0.1, 0.15) is 31.0 Å². The lowest BCUT2D eigenvalue weighted by atomic mass is 9.96. The zero-order valence-electron chi connectivity index (χ0n) is 17.1. The van der Waals surface area contributed by atoms with Crippen molar-refractivity contribution in [2.75, 3.05) is 6.61 Å². The fourth-order valence-electron chi connectivity index (χ4n) is 3.53. The Balaban J connectivity index is 1.98. The number of allylic oxidation sites excluding steroid dienone is 1. The van der Waals surface area contributed by atoms with Gasteiger partial charge in [-0.25, -0.2) is 9.79 Å². The van der Waals surface area contributed by atoms with Crippen molar-refractivity contribution >= 4 is 58.2 Å². The van der Waals surface area contributed by atoms with Gasteiger partial charge in [-0.15, -0.1) is 0 Å². The van der Waals surface area contributed by atoms with Crippen molar-refractivity contribution in [2.24, 2.45) is 4.99 Å². The van der Waals surface area contributed by atoms with Gasteiger partial charge in [0.2, 0.25) is 0 Å². The molecule has 164 valence electrons. The van der Waals surface area contributed by atoms with Crippen LogP contribution in [-0.4, -0.2) is 17.1 Å². The van der Waals surface area contributed by atoms with Crippen LogP contribution in [0.15, 0.2) is 63.5 Å². The second-order valence-electron chi connectivity index (χ2n) is 7.00. The van der Waals surface area contributed by atoms with E-state index in [2.05, 4.69) is 4.99 Å². The molecule has 9 heteroatoms. The molecular weight excluding hydrogens is 491 g/mol. The Hall–Kier alpha value is -2.38. The number of carbonyl (C=O) groups is 1. The highest BCUT2D eigenvalue weighted by atomic mass is 35.5. The van der Waals surface area contributed by atoms with Crippen LogP contribution in [-0.2, 0) is 9.53 Å². The molecule has 1 atom stereocenters. The number of ether oxygens (including phenoxy) is 1. The third-order valence-electron chi connectivity index (χ3n) is 4.97. The van der Waals surface area contributed by atoms with E-state index in [-0.39, 0.29) is 12.2 Å². The minimum atomic E-state index is -0.695. The normalized spacial score (nSPS) is 16.0. The summed E-state index contributed by atoms with van der Waals surface area (Å²) in [5.41, 5.74) is 1.86. The molecule has 5 nitrogen and oxygen atoms in total. The van der Waals surface area contributed by atoms with Crippen molar-refractivity contribution in [3.63, 3.8) is 0 Å². The second kappa shape index (κ2) is 9.24.